The van der Waals surface area contributed by atoms with Crippen LogP contribution >= 0.6 is 0 Å². The Morgan fingerprint density at radius 1 is 0.959 bits per heavy atom. The van der Waals surface area contributed by atoms with Crippen LogP contribution in [0.4, 0.5) is 0 Å². The van der Waals surface area contributed by atoms with Crippen LogP contribution in [0.15, 0.2) is 18.6 Å². The van der Waals surface area contributed by atoms with Crippen LogP contribution in [0.1, 0.15) is 136 Å². The highest BCUT2D eigenvalue weighted by Crippen LogP contribution is 2.40. The monoisotopic (exact) mass is 678 g/mol. The summed E-state index contributed by atoms with van der Waals surface area (Å²) in [5.74, 6) is -3.11. The standard InChI is InChI=1S/C39H58N4O6/c1-7-12-28(36(47)33(46)19-25-15-16-25)20-32(45)35-24(3)26(8-2)23-43(35)38(49)29(39(4,5)6)21-31(44)34(27-13-10-9-11-14-27)42-37(48)30-22-40-17-18-41-30/h17-18,22,24-29,34-35H,7-16,19-21,23H2,1-6H3,(H,42,48)/t24-,26?,28+,29+,34-,35-/m0/s1. The molecule has 1 aromatic rings. The highest BCUT2D eigenvalue weighted by molar-refractivity contribution is 6.38. The number of nitrogens with zero attached hydrogens (tertiary/aromatic N) is 3. The largest absolute Gasteiger partial charge is 0.341 e. The SMILES string of the molecule is CCC[C@H](CC(=O)[C@@H]1[C@@H](C)C(CC)CN1C(=O)[C@@H](CC(=O)[C@@H](NC(=O)c1cnccn1)C1CCCCC1)C(C)(C)C)C(=O)C(=O)CC1CC1. The summed E-state index contributed by atoms with van der Waals surface area (Å²) in [6.07, 6.45) is 12.9. The van der Waals surface area contributed by atoms with E-state index in [2.05, 4.69) is 22.2 Å². The molecule has 0 aromatic carbocycles. The van der Waals surface area contributed by atoms with E-state index in [1.54, 1.807) is 4.90 Å². The number of rotatable bonds is 17. The number of aromatic nitrogens is 2. The number of amides is 2. The molecule has 0 bridgehead atoms. The zero-order valence-corrected chi connectivity index (χ0v) is 30.5. The van der Waals surface area contributed by atoms with Gasteiger partial charge >= 0.3 is 0 Å². The van der Waals surface area contributed by atoms with Crippen molar-refractivity contribution >= 4 is 34.9 Å². The number of likely N-dealkylation sites (tertiary alicyclic amines) is 1. The Bertz CT molecular complexity index is 1350. The van der Waals surface area contributed by atoms with Crippen molar-refractivity contribution in [3.05, 3.63) is 24.3 Å². The highest BCUT2D eigenvalue weighted by Gasteiger charge is 2.49. The average molecular weight is 679 g/mol. The van der Waals surface area contributed by atoms with Gasteiger partial charge in [0.1, 0.15) is 5.69 Å². The van der Waals surface area contributed by atoms with E-state index in [4.69, 9.17) is 0 Å². The fourth-order valence-corrected chi connectivity index (χ4v) is 8.07. The van der Waals surface area contributed by atoms with Crippen molar-refractivity contribution in [1.29, 1.82) is 0 Å². The third-order valence-corrected chi connectivity index (χ3v) is 11.3. The van der Waals surface area contributed by atoms with Crippen molar-refractivity contribution in [2.45, 2.75) is 137 Å². The zero-order valence-electron chi connectivity index (χ0n) is 30.5. The Balaban J connectivity index is 1.56. The van der Waals surface area contributed by atoms with Crippen molar-refractivity contribution in [2.75, 3.05) is 6.54 Å². The maximum atomic E-state index is 14.7. The van der Waals surface area contributed by atoms with Crippen molar-refractivity contribution in [2.24, 2.45) is 40.9 Å². The lowest BCUT2D eigenvalue weighted by Gasteiger charge is -2.37. The summed E-state index contributed by atoms with van der Waals surface area (Å²) in [4.78, 5) is 92.1. The van der Waals surface area contributed by atoms with E-state index in [0.29, 0.717) is 19.4 Å². The molecular formula is C39H58N4O6. The van der Waals surface area contributed by atoms with E-state index in [1.807, 2.05) is 34.6 Å². The maximum absolute atomic E-state index is 14.7. The number of carbonyl (C=O) groups is 6. The normalized spacial score (nSPS) is 23.4. The lowest BCUT2D eigenvalue weighted by molar-refractivity contribution is -0.147. The quantitative estimate of drug-likeness (QED) is 0.199. The minimum atomic E-state index is -0.764. The minimum absolute atomic E-state index is 0.0427. The fraction of sp³-hybridized carbons (Fsp3) is 0.744. The van der Waals surface area contributed by atoms with E-state index >= 15 is 0 Å². The van der Waals surface area contributed by atoms with Crippen molar-refractivity contribution in [3.63, 3.8) is 0 Å². The molecule has 10 nitrogen and oxygen atoms in total. The molecule has 0 radical (unpaired) electrons. The molecule has 6 atom stereocenters. The zero-order chi connectivity index (χ0) is 35.9. The van der Waals surface area contributed by atoms with E-state index in [1.165, 1.54) is 18.6 Å². The minimum Gasteiger partial charge on any atom is -0.341 e. The summed E-state index contributed by atoms with van der Waals surface area (Å²) >= 11 is 0. The lowest BCUT2D eigenvalue weighted by atomic mass is 9.74. The molecule has 1 saturated heterocycles. The van der Waals surface area contributed by atoms with E-state index in [-0.39, 0.29) is 71.9 Å². The van der Waals surface area contributed by atoms with Gasteiger partial charge in [-0.2, -0.15) is 0 Å². The summed E-state index contributed by atoms with van der Waals surface area (Å²) < 4.78 is 0. The molecule has 3 fully saturated rings. The molecule has 4 rings (SSSR count). The maximum Gasteiger partial charge on any atom is 0.272 e. The lowest BCUT2D eigenvalue weighted by Crippen LogP contribution is -2.51. The number of hydrogen-bond donors (Lipinski definition) is 1. The Morgan fingerprint density at radius 3 is 2.22 bits per heavy atom. The van der Waals surface area contributed by atoms with Crippen LogP contribution in [0.2, 0.25) is 0 Å². The summed E-state index contributed by atoms with van der Waals surface area (Å²) in [5, 5.41) is 2.96. The van der Waals surface area contributed by atoms with Gasteiger partial charge in [0.05, 0.1) is 18.3 Å². The van der Waals surface area contributed by atoms with Crippen LogP contribution in [0.25, 0.3) is 0 Å². The molecule has 1 aliphatic heterocycles. The predicted octanol–water partition coefficient (Wildman–Crippen LogP) is 5.96. The topological polar surface area (TPSA) is 143 Å². The van der Waals surface area contributed by atoms with Crippen LogP contribution < -0.4 is 5.32 Å². The van der Waals surface area contributed by atoms with Gasteiger partial charge in [0.15, 0.2) is 17.3 Å². The van der Waals surface area contributed by atoms with Gasteiger partial charge in [-0.25, -0.2) is 4.98 Å². The van der Waals surface area contributed by atoms with Gasteiger partial charge in [0, 0.05) is 50.0 Å². The molecule has 1 N–H and O–H groups in total. The van der Waals surface area contributed by atoms with E-state index in [9.17, 15) is 28.8 Å². The van der Waals surface area contributed by atoms with Crippen molar-refractivity contribution < 1.29 is 28.8 Å². The third-order valence-electron chi connectivity index (χ3n) is 11.3. The Morgan fingerprint density at radius 2 is 1.65 bits per heavy atom. The summed E-state index contributed by atoms with van der Waals surface area (Å²) in [5.41, 5.74) is -0.484. The molecule has 2 aliphatic carbocycles. The Labute approximate surface area is 292 Å². The molecule has 2 heterocycles. The first-order valence-electron chi connectivity index (χ1n) is 18.8. The number of carbonyl (C=O) groups excluding carboxylic acids is 6. The second-order valence-corrected chi connectivity index (χ2v) is 16.1. The smallest absolute Gasteiger partial charge is 0.272 e. The van der Waals surface area contributed by atoms with Crippen LogP contribution in [-0.4, -0.2) is 68.4 Å². The molecule has 270 valence electrons. The molecule has 1 unspecified atom stereocenters. The molecule has 49 heavy (non-hydrogen) atoms. The summed E-state index contributed by atoms with van der Waals surface area (Å²) in [6.45, 7) is 12.2. The van der Waals surface area contributed by atoms with Crippen LogP contribution in [0, 0.1) is 40.9 Å². The van der Waals surface area contributed by atoms with Gasteiger partial charge in [-0.15, -0.1) is 0 Å². The number of hydrogen-bond acceptors (Lipinski definition) is 8. The second-order valence-electron chi connectivity index (χ2n) is 16.1. The van der Waals surface area contributed by atoms with Gasteiger partial charge < -0.3 is 10.2 Å². The number of Topliss-reactive ketones (excluding diaryl/α,β-unsaturated/α-hetero) is 4. The van der Waals surface area contributed by atoms with E-state index in [0.717, 1.165) is 51.4 Å². The molecule has 10 heteroatoms. The molecular weight excluding hydrogens is 620 g/mol. The second kappa shape index (κ2) is 17.1. The molecule has 3 aliphatic rings. The van der Waals surface area contributed by atoms with Crippen LogP contribution in [0.3, 0.4) is 0 Å². The number of ketones is 4. The Hall–Kier alpha value is -3.30. The van der Waals surface area contributed by atoms with Crippen LogP contribution in [0.5, 0.6) is 0 Å². The van der Waals surface area contributed by atoms with Gasteiger partial charge in [0.25, 0.3) is 5.91 Å². The Kier molecular flexibility index (Phi) is 13.4. The first kappa shape index (κ1) is 38.5. The third kappa shape index (κ3) is 9.91. The highest BCUT2D eigenvalue weighted by atomic mass is 16.2. The summed E-state index contributed by atoms with van der Waals surface area (Å²) in [6, 6.07) is -1.49. The fourth-order valence-electron chi connectivity index (χ4n) is 8.07. The van der Waals surface area contributed by atoms with Crippen molar-refractivity contribution in [1.82, 2.24) is 20.2 Å². The van der Waals surface area contributed by atoms with Gasteiger partial charge in [-0.3, -0.25) is 33.8 Å². The predicted molar refractivity (Wildman–Crippen MR) is 186 cm³/mol. The van der Waals surface area contributed by atoms with Crippen molar-refractivity contribution in [3.8, 4) is 0 Å². The first-order valence-corrected chi connectivity index (χ1v) is 18.8. The van der Waals surface area contributed by atoms with Gasteiger partial charge in [-0.1, -0.05) is 73.6 Å². The molecule has 1 aromatic heterocycles. The van der Waals surface area contributed by atoms with Crippen LogP contribution in [-0.2, 0) is 24.0 Å². The first-order chi connectivity index (χ1) is 23.3. The molecule has 2 saturated carbocycles. The summed E-state index contributed by atoms with van der Waals surface area (Å²) in [7, 11) is 0. The van der Waals surface area contributed by atoms with E-state index < -0.39 is 41.0 Å². The molecule has 0 spiro atoms. The van der Waals surface area contributed by atoms with Gasteiger partial charge in [0.2, 0.25) is 11.7 Å². The number of nitrogens with one attached hydrogen (secondary N) is 1. The average Bonchev–Trinajstić information content (AvgIpc) is 3.83. The van der Waals surface area contributed by atoms with Gasteiger partial charge in [-0.05, 0) is 61.2 Å². The molecule has 2 amide bonds.